The highest BCUT2D eigenvalue weighted by Crippen LogP contribution is 2.26. The summed E-state index contributed by atoms with van der Waals surface area (Å²) in [7, 11) is -3.75. The van der Waals surface area contributed by atoms with Gasteiger partial charge in [-0.3, -0.25) is 0 Å². The normalized spacial score (nSPS) is 16.5. The van der Waals surface area contributed by atoms with Crippen LogP contribution in [0.5, 0.6) is 0 Å². The minimum atomic E-state index is -3.75. The van der Waals surface area contributed by atoms with E-state index in [0.29, 0.717) is 5.69 Å². The Morgan fingerprint density at radius 1 is 1.07 bits per heavy atom. The maximum absolute atomic E-state index is 12.7. The topological polar surface area (TPSA) is 95.5 Å². The molecule has 0 spiro atoms. The highest BCUT2D eigenvalue weighted by molar-refractivity contribution is 7.89. The van der Waals surface area contributed by atoms with Gasteiger partial charge in [0.15, 0.2) is 0 Å². The number of carboxylic acid groups (broad SMARTS) is 1. The molecule has 0 bridgehead atoms. The molecule has 0 unspecified atom stereocenters. The minimum Gasteiger partial charge on any atom is -0.478 e. The van der Waals surface area contributed by atoms with Gasteiger partial charge in [0.05, 0.1) is 10.5 Å². The van der Waals surface area contributed by atoms with Crippen LogP contribution in [-0.4, -0.2) is 25.5 Å². The van der Waals surface area contributed by atoms with E-state index < -0.39 is 16.0 Å². The zero-order valence-corrected chi connectivity index (χ0v) is 16.7. The fourth-order valence-corrected chi connectivity index (χ4v) is 4.89. The average molecular weight is 403 g/mol. The van der Waals surface area contributed by atoms with Crippen molar-refractivity contribution < 1.29 is 18.3 Å². The monoisotopic (exact) mass is 402 g/mol. The summed E-state index contributed by atoms with van der Waals surface area (Å²) >= 11 is 0. The highest BCUT2D eigenvalue weighted by Gasteiger charge is 2.24. The largest absolute Gasteiger partial charge is 0.478 e. The van der Waals surface area contributed by atoms with Crippen molar-refractivity contribution in [2.75, 3.05) is 5.32 Å². The van der Waals surface area contributed by atoms with Gasteiger partial charge in [-0.05, 0) is 43.5 Å². The second kappa shape index (κ2) is 8.75. The molecule has 3 rings (SSSR count). The summed E-state index contributed by atoms with van der Waals surface area (Å²) in [4.78, 5) is 11.7. The smallest absolute Gasteiger partial charge is 0.337 e. The van der Waals surface area contributed by atoms with Crippen LogP contribution in [0, 0.1) is 0 Å². The van der Waals surface area contributed by atoms with Crippen LogP contribution in [0.4, 0.5) is 5.69 Å². The number of sulfonamides is 1. The molecule has 2 aromatic rings. The molecule has 6 nitrogen and oxygen atoms in total. The van der Waals surface area contributed by atoms with E-state index in [1.165, 1.54) is 18.2 Å². The maximum atomic E-state index is 12.7. The summed E-state index contributed by atoms with van der Waals surface area (Å²) in [6, 6.07) is 13.7. The Morgan fingerprint density at radius 2 is 1.75 bits per heavy atom. The number of aromatic carboxylic acids is 1. The lowest BCUT2D eigenvalue weighted by Crippen LogP contribution is -2.36. The van der Waals surface area contributed by atoms with Gasteiger partial charge in [-0.25, -0.2) is 17.9 Å². The van der Waals surface area contributed by atoms with E-state index in [1.54, 1.807) is 0 Å². The van der Waals surface area contributed by atoms with Gasteiger partial charge in [0, 0.05) is 17.8 Å². The first-order valence-corrected chi connectivity index (χ1v) is 11.1. The predicted octanol–water partition coefficient (Wildman–Crippen LogP) is 4.17. The third-order valence-corrected chi connectivity index (χ3v) is 6.65. The average Bonchev–Trinajstić information content (AvgIpc) is 2.69. The fourth-order valence-electron chi connectivity index (χ4n) is 3.56. The van der Waals surface area contributed by atoms with E-state index in [2.05, 4.69) is 10.0 Å². The Morgan fingerprint density at radius 3 is 2.39 bits per heavy atom. The van der Waals surface area contributed by atoms with Crippen molar-refractivity contribution in [1.82, 2.24) is 4.72 Å². The molecule has 28 heavy (non-hydrogen) atoms. The fraction of sp³-hybridized carbons (Fsp3) is 0.381. The first-order chi connectivity index (χ1) is 13.4. The lowest BCUT2D eigenvalue weighted by molar-refractivity contribution is 0.0697. The first kappa shape index (κ1) is 20.4. The molecule has 7 heteroatoms. The van der Waals surface area contributed by atoms with Crippen molar-refractivity contribution in [2.24, 2.45) is 0 Å². The quantitative estimate of drug-likeness (QED) is 0.646. The number of carboxylic acids is 1. The van der Waals surface area contributed by atoms with Crippen LogP contribution in [0.25, 0.3) is 0 Å². The molecular weight excluding hydrogens is 376 g/mol. The highest BCUT2D eigenvalue weighted by atomic mass is 32.2. The molecule has 0 amide bonds. The van der Waals surface area contributed by atoms with Crippen molar-refractivity contribution >= 4 is 21.7 Å². The van der Waals surface area contributed by atoms with Gasteiger partial charge < -0.3 is 10.4 Å². The number of rotatable bonds is 7. The summed E-state index contributed by atoms with van der Waals surface area (Å²) in [6.45, 7) is 1.93. The summed E-state index contributed by atoms with van der Waals surface area (Å²) < 4.78 is 28.1. The Balaban J connectivity index is 1.83. The van der Waals surface area contributed by atoms with Crippen LogP contribution in [0.15, 0.2) is 53.4 Å². The number of anilines is 1. The van der Waals surface area contributed by atoms with Crippen LogP contribution in [0.1, 0.15) is 61.0 Å². The number of hydrogen-bond donors (Lipinski definition) is 3. The van der Waals surface area contributed by atoms with Crippen LogP contribution in [0.2, 0.25) is 0 Å². The SMILES string of the molecule is C[C@@H](Nc1ccc(S(=O)(=O)NC2CCCCC2)cc1C(=O)O)c1ccccc1. The number of carbonyl (C=O) groups is 1. The molecule has 1 aliphatic rings. The van der Waals surface area contributed by atoms with E-state index in [9.17, 15) is 18.3 Å². The van der Waals surface area contributed by atoms with Gasteiger partial charge in [-0.1, -0.05) is 49.6 Å². The molecule has 0 radical (unpaired) electrons. The molecule has 0 aromatic heterocycles. The number of hydrogen-bond acceptors (Lipinski definition) is 4. The molecule has 0 saturated heterocycles. The molecule has 150 valence electrons. The van der Waals surface area contributed by atoms with Crippen molar-refractivity contribution in [3.8, 4) is 0 Å². The number of benzene rings is 2. The molecule has 3 N–H and O–H groups in total. The van der Waals surface area contributed by atoms with Crippen molar-refractivity contribution in [3.05, 3.63) is 59.7 Å². The standard InChI is InChI=1S/C21H26N2O4S/c1-15(16-8-4-2-5-9-16)22-20-13-12-18(14-19(20)21(24)25)28(26,27)23-17-10-6-3-7-11-17/h2,4-5,8-9,12-15,17,22-23H,3,6-7,10-11H2,1H3,(H,24,25)/t15-/m1/s1. The summed E-state index contributed by atoms with van der Waals surface area (Å²) in [5.41, 5.74) is 1.34. The van der Waals surface area contributed by atoms with Crippen LogP contribution in [0.3, 0.4) is 0 Å². The molecule has 1 aliphatic carbocycles. The lowest BCUT2D eigenvalue weighted by Gasteiger charge is -2.23. The van der Waals surface area contributed by atoms with Crippen LogP contribution >= 0.6 is 0 Å². The summed E-state index contributed by atoms with van der Waals surface area (Å²) in [5, 5.41) is 12.8. The van der Waals surface area contributed by atoms with Gasteiger partial charge >= 0.3 is 5.97 Å². The lowest BCUT2D eigenvalue weighted by atomic mass is 9.96. The third kappa shape index (κ3) is 4.91. The van der Waals surface area contributed by atoms with Crippen LogP contribution in [-0.2, 0) is 10.0 Å². The van der Waals surface area contributed by atoms with Gasteiger partial charge in [0.1, 0.15) is 0 Å². The molecule has 1 fully saturated rings. The van der Waals surface area contributed by atoms with Gasteiger partial charge in [-0.15, -0.1) is 0 Å². The molecule has 1 saturated carbocycles. The van der Waals surface area contributed by atoms with E-state index in [-0.39, 0.29) is 22.5 Å². The molecule has 0 heterocycles. The minimum absolute atomic E-state index is 0.0200. The van der Waals surface area contributed by atoms with E-state index in [1.807, 2.05) is 37.3 Å². The molecule has 0 aliphatic heterocycles. The molecular formula is C21H26N2O4S. The van der Waals surface area contributed by atoms with Gasteiger partial charge in [0.25, 0.3) is 0 Å². The second-order valence-corrected chi connectivity index (χ2v) is 8.96. The van der Waals surface area contributed by atoms with E-state index >= 15 is 0 Å². The van der Waals surface area contributed by atoms with Gasteiger partial charge in [0.2, 0.25) is 10.0 Å². The zero-order chi connectivity index (χ0) is 20.1. The zero-order valence-electron chi connectivity index (χ0n) is 15.9. The number of nitrogens with one attached hydrogen (secondary N) is 2. The van der Waals surface area contributed by atoms with E-state index in [4.69, 9.17) is 0 Å². The first-order valence-electron chi connectivity index (χ1n) is 9.58. The van der Waals surface area contributed by atoms with Crippen LogP contribution < -0.4 is 10.0 Å². The van der Waals surface area contributed by atoms with Crippen molar-refractivity contribution in [1.29, 1.82) is 0 Å². The maximum Gasteiger partial charge on any atom is 0.337 e. The summed E-state index contributed by atoms with van der Waals surface area (Å²) in [6.07, 6.45) is 4.78. The Kier molecular flexibility index (Phi) is 6.36. The Labute approximate surface area is 166 Å². The third-order valence-electron chi connectivity index (χ3n) is 5.13. The van der Waals surface area contributed by atoms with Crippen molar-refractivity contribution in [3.63, 3.8) is 0 Å². The Hall–Kier alpha value is -2.38. The Bertz CT molecular complexity index is 923. The molecule has 1 atom stereocenters. The van der Waals surface area contributed by atoms with Crippen molar-refractivity contribution in [2.45, 2.75) is 56.0 Å². The predicted molar refractivity (Wildman–Crippen MR) is 109 cm³/mol. The molecule has 2 aromatic carbocycles. The van der Waals surface area contributed by atoms with E-state index in [0.717, 1.165) is 37.7 Å². The van der Waals surface area contributed by atoms with Gasteiger partial charge in [-0.2, -0.15) is 0 Å². The summed E-state index contributed by atoms with van der Waals surface area (Å²) in [5.74, 6) is -1.17. The second-order valence-electron chi connectivity index (χ2n) is 7.25.